The standard InChI is InChI=1S/C14H21NOS/c1-2-12-8-13(17-14(12)3-1)10-15-9-11-4-6-16-7-5-11/h8,11,15H,1-7,9-10H2. The topological polar surface area (TPSA) is 21.3 Å². The number of ether oxygens (including phenoxy) is 1. The van der Waals surface area contributed by atoms with E-state index in [1.807, 2.05) is 11.3 Å². The smallest absolute Gasteiger partial charge is 0.0469 e. The summed E-state index contributed by atoms with van der Waals surface area (Å²) in [5.41, 5.74) is 1.62. The molecule has 0 spiro atoms. The van der Waals surface area contributed by atoms with Crippen molar-refractivity contribution in [1.29, 1.82) is 0 Å². The number of fused-ring (bicyclic) bond motifs is 1. The fourth-order valence-electron chi connectivity index (χ4n) is 2.83. The van der Waals surface area contributed by atoms with E-state index in [-0.39, 0.29) is 0 Å². The van der Waals surface area contributed by atoms with Crippen LogP contribution in [-0.2, 0) is 24.1 Å². The van der Waals surface area contributed by atoms with Crippen LogP contribution in [0.15, 0.2) is 6.07 Å². The number of aryl methyl sites for hydroxylation is 2. The van der Waals surface area contributed by atoms with Crippen LogP contribution in [0.2, 0.25) is 0 Å². The van der Waals surface area contributed by atoms with Gasteiger partial charge in [0.05, 0.1) is 0 Å². The van der Waals surface area contributed by atoms with Gasteiger partial charge in [-0.3, -0.25) is 0 Å². The molecule has 3 heteroatoms. The minimum atomic E-state index is 0.829. The molecule has 17 heavy (non-hydrogen) atoms. The Kier molecular flexibility index (Phi) is 3.79. The number of hydrogen-bond acceptors (Lipinski definition) is 3. The third-order valence-corrected chi connectivity index (χ3v) is 5.11. The average Bonchev–Trinajstić information content (AvgIpc) is 2.91. The molecule has 94 valence electrons. The fraction of sp³-hybridized carbons (Fsp3) is 0.714. The van der Waals surface area contributed by atoms with Gasteiger partial charge in [0.15, 0.2) is 0 Å². The van der Waals surface area contributed by atoms with Crippen molar-refractivity contribution in [3.63, 3.8) is 0 Å². The largest absolute Gasteiger partial charge is 0.381 e. The second kappa shape index (κ2) is 5.51. The van der Waals surface area contributed by atoms with Crippen molar-refractivity contribution in [2.75, 3.05) is 19.8 Å². The Hall–Kier alpha value is -0.380. The summed E-state index contributed by atoms with van der Waals surface area (Å²) in [6, 6.07) is 2.42. The predicted molar refractivity (Wildman–Crippen MR) is 71.6 cm³/mol. The molecule has 2 aliphatic rings. The van der Waals surface area contributed by atoms with Crippen LogP contribution in [0.1, 0.15) is 34.6 Å². The van der Waals surface area contributed by atoms with Crippen LogP contribution >= 0.6 is 11.3 Å². The Morgan fingerprint density at radius 3 is 3.00 bits per heavy atom. The van der Waals surface area contributed by atoms with Crippen LogP contribution < -0.4 is 5.32 Å². The van der Waals surface area contributed by atoms with Crippen molar-refractivity contribution in [1.82, 2.24) is 5.32 Å². The molecule has 1 aromatic heterocycles. The first-order valence-corrected chi connectivity index (χ1v) is 7.62. The number of hydrogen-bond donors (Lipinski definition) is 1. The van der Waals surface area contributed by atoms with Crippen molar-refractivity contribution in [2.24, 2.45) is 5.92 Å². The average molecular weight is 251 g/mol. The van der Waals surface area contributed by atoms with Gasteiger partial charge >= 0.3 is 0 Å². The van der Waals surface area contributed by atoms with E-state index >= 15 is 0 Å². The summed E-state index contributed by atoms with van der Waals surface area (Å²) in [6.07, 6.45) is 6.46. The highest BCUT2D eigenvalue weighted by Gasteiger charge is 2.16. The maximum atomic E-state index is 5.38. The van der Waals surface area contributed by atoms with Gasteiger partial charge in [-0.2, -0.15) is 0 Å². The molecule has 1 fully saturated rings. The van der Waals surface area contributed by atoms with E-state index in [0.717, 1.165) is 32.2 Å². The summed E-state index contributed by atoms with van der Waals surface area (Å²) in [4.78, 5) is 3.18. The van der Waals surface area contributed by atoms with E-state index < -0.39 is 0 Å². The van der Waals surface area contributed by atoms with Gasteiger partial charge in [-0.25, -0.2) is 0 Å². The third-order valence-electron chi connectivity index (χ3n) is 3.87. The van der Waals surface area contributed by atoms with E-state index in [2.05, 4.69) is 11.4 Å². The van der Waals surface area contributed by atoms with Gasteiger partial charge in [-0.1, -0.05) is 0 Å². The molecule has 2 heterocycles. The Balaban J connectivity index is 1.44. The predicted octanol–water partition coefficient (Wildman–Crippen LogP) is 2.75. The molecule has 0 bridgehead atoms. The zero-order valence-corrected chi connectivity index (χ0v) is 11.2. The molecule has 1 aromatic rings. The van der Waals surface area contributed by atoms with E-state index in [4.69, 9.17) is 4.74 Å². The van der Waals surface area contributed by atoms with Gasteiger partial charge in [-0.05, 0) is 56.2 Å². The molecule has 1 saturated heterocycles. The highest BCUT2D eigenvalue weighted by molar-refractivity contribution is 7.12. The van der Waals surface area contributed by atoms with Crippen LogP contribution in [0, 0.1) is 5.92 Å². The minimum absolute atomic E-state index is 0.829. The summed E-state index contributed by atoms with van der Waals surface area (Å²) >= 11 is 2.02. The third kappa shape index (κ3) is 2.90. The van der Waals surface area contributed by atoms with Crippen LogP contribution in [0.5, 0.6) is 0 Å². The first-order valence-electron chi connectivity index (χ1n) is 6.81. The van der Waals surface area contributed by atoms with Crippen LogP contribution in [0.25, 0.3) is 0 Å². The Morgan fingerprint density at radius 2 is 2.18 bits per heavy atom. The zero-order chi connectivity index (χ0) is 11.5. The number of rotatable bonds is 4. The molecular weight excluding hydrogens is 230 g/mol. The minimum Gasteiger partial charge on any atom is -0.381 e. The Bertz CT molecular complexity index is 347. The molecule has 0 radical (unpaired) electrons. The lowest BCUT2D eigenvalue weighted by molar-refractivity contribution is 0.0662. The lowest BCUT2D eigenvalue weighted by atomic mass is 10.0. The Morgan fingerprint density at radius 1 is 1.29 bits per heavy atom. The van der Waals surface area contributed by atoms with Crippen molar-refractivity contribution in [2.45, 2.75) is 38.6 Å². The second-order valence-corrected chi connectivity index (χ2v) is 6.42. The monoisotopic (exact) mass is 251 g/mol. The summed E-state index contributed by atoms with van der Waals surface area (Å²) in [5, 5.41) is 3.61. The molecule has 2 nitrogen and oxygen atoms in total. The quantitative estimate of drug-likeness (QED) is 0.888. The van der Waals surface area contributed by atoms with Gasteiger partial charge in [0, 0.05) is 29.5 Å². The first kappa shape index (κ1) is 11.7. The highest BCUT2D eigenvalue weighted by atomic mass is 32.1. The van der Waals surface area contributed by atoms with Gasteiger partial charge in [0.25, 0.3) is 0 Å². The summed E-state index contributed by atoms with van der Waals surface area (Å²) < 4.78 is 5.38. The Labute approximate surface area is 107 Å². The summed E-state index contributed by atoms with van der Waals surface area (Å²) in [5.74, 6) is 0.829. The number of nitrogens with one attached hydrogen (secondary N) is 1. The fourth-order valence-corrected chi connectivity index (χ4v) is 4.06. The van der Waals surface area contributed by atoms with Gasteiger partial charge in [-0.15, -0.1) is 11.3 Å². The van der Waals surface area contributed by atoms with Gasteiger partial charge in [0.2, 0.25) is 0 Å². The summed E-state index contributed by atoms with van der Waals surface area (Å²) in [7, 11) is 0. The molecule has 1 aliphatic carbocycles. The molecule has 3 rings (SSSR count). The van der Waals surface area contributed by atoms with E-state index in [1.165, 1.54) is 37.0 Å². The van der Waals surface area contributed by atoms with Gasteiger partial charge < -0.3 is 10.1 Å². The summed E-state index contributed by atoms with van der Waals surface area (Å²) in [6.45, 7) is 4.14. The lowest BCUT2D eigenvalue weighted by Crippen LogP contribution is -2.27. The molecule has 1 N–H and O–H groups in total. The van der Waals surface area contributed by atoms with Gasteiger partial charge in [0.1, 0.15) is 0 Å². The second-order valence-electron chi connectivity index (χ2n) is 5.20. The van der Waals surface area contributed by atoms with Crippen molar-refractivity contribution in [3.8, 4) is 0 Å². The maximum absolute atomic E-state index is 5.38. The first-order chi connectivity index (χ1) is 8.42. The van der Waals surface area contributed by atoms with Crippen LogP contribution in [0.3, 0.4) is 0 Å². The molecule has 0 amide bonds. The lowest BCUT2D eigenvalue weighted by Gasteiger charge is -2.22. The SMILES string of the molecule is c1c(CNCC2CCOCC2)sc2c1CCC2. The van der Waals surface area contributed by atoms with Crippen LogP contribution in [0.4, 0.5) is 0 Å². The molecule has 1 aliphatic heterocycles. The molecule has 0 aromatic carbocycles. The molecule has 0 unspecified atom stereocenters. The number of thiophene rings is 1. The van der Waals surface area contributed by atoms with Crippen LogP contribution in [-0.4, -0.2) is 19.8 Å². The van der Waals surface area contributed by atoms with Crippen molar-refractivity contribution < 1.29 is 4.74 Å². The van der Waals surface area contributed by atoms with E-state index in [9.17, 15) is 0 Å². The normalized spacial score (nSPS) is 20.7. The maximum Gasteiger partial charge on any atom is 0.0469 e. The van der Waals surface area contributed by atoms with Crippen molar-refractivity contribution >= 4 is 11.3 Å². The van der Waals surface area contributed by atoms with E-state index in [1.54, 1.807) is 10.4 Å². The molecule has 0 saturated carbocycles. The highest BCUT2D eigenvalue weighted by Crippen LogP contribution is 2.30. The van der Waals surface area contributed by atoms with Crippen molar-refractivity contribution in [3.05, 3.63) is 21.4 Å². The van der Waals surface area contributed by atoms with E-state index in [0.29, 0.717) is 0 Å². The zero-order valence-electron chi connectivity index (χ0n) is 10.3. The molecule has 0 atom stereocenters. The molecular formula is C14H21NOS.